The van der Waals surface area contributed by atoms with E-state index in [-0.39, 0.29) is 5.82 Å². The molecule has 0 N–H and O–H groups in total. The van der Waals surface area contributed by atoms with Crippen LogP contribution in [-0.2, 0) is 6.54 Å². The number of aromatic nitrogens is 3. The molecule has 0 saturated carbocycles. The molecular formula is C10H10FN3. The van der Waals surface area contributed by atoms with E-state index in [1.165, 1.54) is 6.07 Å². The minimum Gasteiger partial charge on any atom is -0.248 e. The molecule has 4 heteroatoms. The molecule has 0 saturated heterocycles. The maximum Gasteiger partial charge on any atom is 0.147 e. The Labute approximate surface area is 81.2 Å². The van der Waals surface area contributed by atoms with Crippen molar-refractivity contribution in [2.24, 2.45) is 0 Å². The van der Waals surface area contributed by atoms with Crippen molar-refractivity contribution in [2.45, 2.75) is 13.5 Å². The van der Waals surface area contributed by atoms with Crippen LogP contribution in [0.3, 0.4) is 0 Å². The van der Waals surface area contributed by atoms with E-state index in [0.717, 1.165) is 0 Å². The molecule has 0 amide bonds. The van der Waals surface area contributed by atoms with Crippen molar-refractivity contribution in [2.75, 3.05) is 0 Å². The first kappa shape index (κ1) is 8.87. The van der Waals surface area contributed by atoms with Crippen molar-refractivity contribution >= 4 is 0 Å². The van der Waals surface area contributed by atoms with E-state index in [2.05, 4.69) is 10.1 Å². The van der Waals surface area contributed by atoms with E-state index >= 15 is 0 Å². The summed E-state index contributed by atoms with van der Waals surface area (Å²) in [5.74, 6) is 0.488. The molecule has 0 unspecified atom stereocenters. The van der Waals surface area contributed by atoms with Gasteiger partial charge in [-0.05, 0) is 13.0 Å². The zero-order valence-electron chi connectivity index (χ0n) is 7.81. The van der Waals surface area contributed by atoms with Crippen molar-refractivity contribution in [3.8, 4) is 0 Å². The van der Waals surface area contributed by atoms with Gasteiger partial charge in [0, 0.05) is 5.56 Å². The van der Waals surface area contributed by atoms with E-state index in [9.17, 15) is 4.39 Å². The number of benzene rings is 1. The monoisotopic (exact) mass is 191 g/mol. The van der Waals surface area contributed by atoms with Gasteiger partial charge in [-0.3, -0.25) is 0 Å². The molecule has 0 aliphatic rings. The summed E-state index contributed by atoms with van der Waals surface area (Å²) < 4.78 is 14.8. The van der Waals surface area contributed by atoms with Crippen LogP contribution in [0.4, 0.5) is 4.39 Å². The first-order valence-electron chi connectivity index (χ1n) is 4.35. The van der Waals surface area contributed by atoms with Gasteiger partial charge in [0.25, 0.3) is 0 Å². The normalized spacial score (nSPS) is 10.4. The minimum atomic E-state index is -0.208. The molecule has 0 aliphatic heterocycles. The first-order valence-corrected chi connectivity index (χ1v) is 4.35. The topological polar surface area (TPSA) is 30.7 Å². The Morgan fingerprint density at radius 3 is 2.79 bits per heavy atom. The fourth-order valence-corrected chi connectivity index (χ4v) is 1.27. The Kier molecular flexibility index (Phi) is 2.26. The Bertz CT molecular complexity index is 436. The van der Waals surface area contributed by atoms with Gasteiger partial charge in [0.2, 0.25) is 0 Å². The molecule has 2 rings (SSSR count). The summed E-state index contributed by atoms with van der Waals surface area (Å²) in [5, 5.41) is 4.09. The average Bonchev–Trinajstić information content (AvgIpc) is 2.56. The van der Waals surface area contributed by atoms with Crippen LogP contribution >= 0.6 is 0 Å². The highest BCUT2D eigenvalue weighted by molar-refractivity contribution is 5.17. The lowest BCUT2D eigenvalue weighted by atomic mass is 10.2. The van der Waals surface area contributed by atoms with Gasteiger partial charge in [-0.15, -0.1) is 0 Å². The number of halogens is 1. The van der Waals surface area contributed by atoms with Crippen LogP contribution in [0.2, 0.25) is 0 Å². The lowest BCUT2D eigenvalue weighted by Gasteiger charge is -2.01. The van der Waals surface area contributed by atoms with Gasteiger partial charge in [0.1, 0.15) is 18.0 Å². The first-order chi connectivity index (χ1) is 6.75. The van der Waals surface area contributed by atoms with Gasteiger partial charge in [-0.2, -0.15) is 5.10 Å². The summed E-state index contributed by atoms with van der Waals surface area (Å²) in [5.41, 5.74) is 0.623. The summed E-state index contributed by atoms with van der Waals surface area (Å²) in [4.78, 5) is 3.97. The zero-order valence-corrected chi connectivity index (χ0v) is 7.81. The Balaban J connectivity index is 2.23. The molecule has 72 valence electrons. The Morgan fingerprint density at radius 1 is 1.36 bits per heavy atom. The number of rotatable bonds is 2. The SMILES string of the molecule is Cc1ncn(Cc2ccccc2F)n1. The van der Waals surface area contributed by atoms with E-state index < -0.39 is 0 Å². The predicted octanol–water partition coefficient (Wildman–Crippen LogP) is 1.77. The van der Waals surface area contributed by atoms with Crippen LogP contribution in [-0.4, -0.2) is 14.8 Å². The van der Waals surface area contributed by atoms with Crippen LogP contribution in [0.25, 0.3) is 0 Å². The van der Waals surface area contributed by atoms with Gasteiger partial charge in [0.15, 0.2) is 0 Å². The highest BCUT2D eigenvalue weighted by Crippen LogP contribution is 2.07. The number of hydrogen-bond donors (Lipinski definition) is 0. The second kappa shape index (κ2) is 3.57. The van der Waals surface area contributed by atoms with E-state index in [1.807, 2.05) is 6.07 Å². The standard InChI is InChI=1S/C10H10FN3/c1-8-12-7-14(13-8)6-9-4-2-3-5-10(9)11/h2-5,7H,6H2,1H3. The summed E-state index contributed by atoms with van der Waals surface area (Å²) in [6.07, 6.45) is 1.60. The lowest BCUT2D eigenvalue weighted by molar-refractivity contribution is 0.583. The van der Waals surface area contributed by atoms with Gasteiger partial charge in [0.05, 0.1) is 6.54 Å². The largest absolute Gasteiger partial charge is 0.248 e. The molecule has 1 heterocycles. The minimum absolute atomic E-state index is 0.208. The molecular weight excluding hydrogens is 181 g/mol. The Hall–Kier alpha value is -1.71. The maximum atomic E-state index is 13.2. The highest BCUT2D eigenvalue weighted by Gasteiger charge is 2.02. The number of aryl methyl sites for hydroxylation is 1. The predicted molar refractivity (Wildman–Crippen MR) is 50.3 cm³/mol. The van der Waals surface area contributed by atoms with Crippen LogP contribution < -0.4 is 0 Å². The highest BCUT2D eigenvalue weighted by atomic mass is 19.1. The number of nitrogens with zero attached hydrogens (tertiary/aromatic N) is 3. The third kappa shape index (κ3) is 1.79. The number of hydrogen-bond acceptors (Lipinski definition) is 2. The summed E-state index contributed by atoms with van der Waals surface area (Å²) >= 11 is 0. The van der Waals surface area contributed by atoms with Gasteiger partial charge < -0.3 is 0 Å². The zero-order chi connectivity index (χ0) is 9.97. The molecule has 1 aromatic heterocycles. The Morgan fingerprint density at radius 2 is 2.14 bits per heavy atom. The second-order valence-corrected chi connectivity index (χ2v) is 3.08. The quantitative estimate of drug-likeness (QED) is 0.724. The molecule has 0 atom stereocenters. The van der Waals surface area contributed by atoms with E-state index in [4.69, 9.17) is 0 Å². The third-order valence-electron chi connectivity index (χ3n) is 1.94. The summed E-state index contributed by atoms with van der Waals surface area (Å²) in [7, 11) is 0. The average molecular weight is 191 g/mol. The van der Waals surface area contributed by atoms with Crippen LogP contribution in [0.5, 0.6) is 0 Å². The van der Waals surface area contributed by atoms with Crippen molar-refractivity contribution in [1.82, 2.24) is 14.8 Å². The molecule has 2 aromatic rings. The molecule has 14 heavy (non-hydrogen) atoms. The fraction of sp³-hybridized carbons (Fsp3) is 0.200. The fourth-order valence-electron chi connectivity index (χ4n) is 1.27. The van der Waals surface area contributed by atoms with Crippen LogP contribution in [0.15, 0.2) is 30.6 Å². The molecule has 1 aromatic carbocycles. The van der Waals surface area contributed by atoms with Gasteiger partial charge in [-0.1, -0.05) is 18.2 Å². The summed E-state index contributed by atoms with van der Waals surface area (Å²) in [6.45, 7) is 2.23. The van der Waals surface area contributed by atoms with Crippen molar-refractivity contribution in [3.63, 3.8) is 0 Å². The molecule has 0 radical (unpaired) electrons. The third-order valence-corrected chi connectivity index (χ3v) is 1.94. The van der Waals surface area contributed by atoms with E-state index in [0.29, 0.717) is 17.9 Å². The summed E-state index contributed by atoms with van der Waals surface area (Å²) in [6, 6.07) is 6.67. The molecule has 0 spiro atoms. The van der Waals surface area contributed by atoms with Crippen molar-refractivity contribution < 1.29 is 4.39 Å². The molecule has 0 aliphatic carbocycles. The smallest absolute Gasteiger partial charge is 0.147 e. The van der Waals surface area contributed by atoms with Gasteiger partial charge in [-0.25, -0.2) is 14.1 Å². The van der Waals surface area contributed by atoms with Crippen molar-refractivity contribution in [1.29, 1.82) is 0 Å². The van der Waals surface area contributed by atoms with Crippen molar-refractivity contribution in [3.05, 3.63) is 47.8 Å². The second-order valence-electron chi connectivity index (χ2n) is 3.08. The molecule has 3 nitrogen and oxygen atoms in total. The van der Waals surface area contributed by atoms with Gasteiger partial charge >= 0.3 is 0 Å². The molecule has 0 bridgehead atoms. The lowest BCUT2D eigenvalue weighted by Crippen LogP contribution is -2.02. The van der Waals surface area contributed by atoms with E-state index in [1.54, 1.807) is 30.1 Å². The van der Waals surface area contributed by atoms with Crippen LogP contribution in [0.1, 0.15) is 11.4 Å². The van der Waals surface area contributed by atoms with Crippen LogP contribution in [0, 0.1) is 12.7 Å². The molecule has 0 fully saturated rings. The maximum absolute atomic E-state index is 13.2.